The van der Waals surface area contributed by atoms with Crippen molar-refractivity contribution in [2.45, 2.75) is 44.1 Å². The van der Waals surface area contributed by atoms with Crippen LogP contribution in [0.5, 0.6) is 5.75 Å². The van der Waals surface area contributed by atoms with Crippen molar-refractivity contribution in [2.75, 3.05) is 0 Å². The molecule has 0 aromatic heterocycles. The predicted molar refractivity (Wildman–Crippen MR) is 236 cm³/mol. The Labute approximate surface area is 327 Å². The third kappa shape index (κ3) is 4.49. The van der Waals surface area contributed by atoms with Crippen LogP contribution in [-0.4, -0.2) is 6.10 Å². The van der Waals surface area contributed by atoms with Crippen LogP contribution in [0, 0.1) is 0 Å². The molecule has 3 aliphatic carbocycles. The molecule has 8 aromatic rings. The monoisotopic (exact) mass is 716 g/mol. The topological polar surface area (TPSA) is 9.23 Å². The SMILES string of the molecule is CC1(C)c2cc(-c3ccc4cc(-c5c6c(c(-c7ccccc7)c7ccccc57)=CCCC=6)ccc4c3)ccc2-c2c1ccc1ccc3c(c21)OC1C=CC=CC31. The molecule has 0 radical (unpaired) electrons. The van der Waals surface area contributed by atoms with Gasteiger partial charge in [0.2, 0.25) is 0 Å². The zero-order valence-electron chi connectivity index (χ0n) is 31.6. The number of benzene rings is 8. The highest BCUT2D eigenvalue weighted by Gasteiger charge is 2.40. The van der Waals surface area contributed by atoms with Crippen LogP contribution in [0.15, 0.2) is 158 Å². The summed E-state index contributed by atoms with van der Waals surface area (Å²) in [4.78, 5) is 0. The Morgan fingerprint density at radius 2 is 1.14 bits per heavy atom. The lowest BCUT2D eigenvalue weighted by molar-refractivity contribution is 0.271. The fraction of sp³-hybridized carbons (Fsp3) is 0.127. The quantitative estimate of drug-likeness (QED) is 0.177. The average molecular weight is 717 g/mol. The van der Waals surface area contributed by atoms with E-state index in [1.807, 2.05) is 0 Å². The fourth-order valence-electron chi connectivity index (χ4n) is 10.5. The second-order valence-corrected chi connectivity index (χ2v) is 16.6. The molecule has 0 bridgehead atoms. The maximum absolute atomic E-state index is 6.73. The van der Waals surface area contributed by atoms with Gasteiger partial charge in [0.1, 0.15) is 11.9 Å². The molecule has 56 heavy (non-hydrogen) atoms. The van der Waals surface area contributed by atoms with Crippen molar-refractivity contribution in [3.05, 3.63) is 185 Å². The lowest BCUT2D eigenvalue weighted by Crippen LogP contribution is -2.31. The minimum atomic E-state index is -0.138. The summed E-state index contributed by atoms with van der Waals surface area (Å²) in [6, 6.07) is 50.3. The number of fused-ring (bicyclic) bond motifs is 12. The van der Waals surface area contributed by atoms with Gasteiger partial charge in [-0.1, -0.05) is 159 Å². The van der Waals surface area contributed by atoms with E-state index in [1.165, 1.54) is 104 Å². The second-order valence-electron chi connectivity index (χ2n) is 16.6. The van der Waals surface area contributed by atoms with Crippen LogP contribution in [-0.2, 0) is 5.41 Å². The van der Waals surface area contributed by atoms with E-state index in [4.69, 9.17) is 4.74 Å². The highest BCUT2D eigenvalue weighted by atomic mass is 16.5. The zero-order valence-corrected chi connectivity index (χ0v) is 31.6. The van der Waals surface area contributed by atoms with Crippen molar-refractivity contribution in [1.82, 2.24) is 0 Å². The van der Waals surface area contributed by atoms with Gasteiger partial charge in [0, 0.05) is 22.3 Å². The molecule has 4 aliphatic rings. The Morgan fingerprint density at radius 1 is 0.518 bits per heavy atom. The highest BCUT2D eigenvalue weighted by molar-refractivity contribution is 6.08. The summed E-state index contributed by atoms with van der Waals surface area (Å²) in [7, 11) is 0. The zero-order chi connectivity index (χ0) is 37.1. The lowest BCUT2D eigenvalue weighted by Gasteiger charge is -2.22. The molecular weight excluding hydrogens is 677 g/mol. The predicted octanol–water partition coefficient (Wildman–Crippen LogP) is 12.8. The standard InChI is InChI=1S/C55H40O/c1-55(2)47-29-26-34-24-27-45-40-14-10-11-19-49(40)56-54(45)52(34)53(47)46-28-25-38(32-48(46)55)36-20-21-37-31-39(23-22-35(37)30-36)51-43-17-8-6-15-41(43)50(33-12-4-3-5-13-33)42-16-7-9-18-44(42)51/h3-6,8,10-32,40,49H,7,9H2,1-2H3. The maximum Gasteiger partial charge on any atom is 0.132 e. The van der Waals surface area contributed by atoms with Gasteiger partial charge < -0.3 is 4.74 Å². The number of hydrogen-bond acceptors (Lipinski definition) is 1. The summed E-state index contributed by atoms with van der Waals surface area (Å²) in [5, 5.41) is 10.4. The largest absolute Gasteiger partial charge is 0.484 e. The van der Waals surface area contributed by atoms with E-state index in [2.05, 4.69) is 184 Å². The first-order valence-electron chi connectivity index (χ1n) is 20.1. The molecule has 0 saturated carbocycles. The molecule has 266 valence electrons. The molecule has 2 unspecified atom stereocenters. The van der Waals surface area contributed by atoms with Gasteiger partial charge in [0.05, 0.1) is 0 Å². The van der Waals surface area contributed by atoms with E-state index < -0.39 is 0 Å². The first-order chi connectivity index (χ1) is 27.5. The Hall–Kier alpha value is -6.44. The van der Waals surface area contributed by atoms with Gasteiger partial charge in [0.15, 0.2) is 0 Å². The Bertz CT molecular complexity index is 3190. The molecular formula is C55H40O. The minimum Gasteiger partial charge on any atom is -0.484 e. The summed E-state index contributed by atoms with van der Waals surface area (Å²) in [6.07, 6.45) is 15.9. The summed E-state index contributed by atoms with van der Waals surface area (Å²) >= 11 is 0. The first-order valence-corrected chi connectivity index (χ1v) is 20.1. The van der Waals surface area contributed by atoms with Crippen LogP contribution in [0.25, 0.3) is 89.0 Å². The van der Waals surface area contributed by atoms with Crippen molar-refractivity contribution >= 4 is 44.5 Å². The van der Waals surface area contributed by atoms with Crippen LogP contribution < -0.4 is 15.2 Å². The number of ether oxygens (including phenoxy) is 1. The van der Waals surface area contributed by atoms with E-state index in [1.54, 1.807) is 0 Å². The minimum absolute atomic E-state index is 0.0680. The maximum atomic E-state index is 6.73. The van der Waals surface area contributed by atoms with Crippen LogP contribution >= 0.6 is 0 Å². The fourth-order valence-corrected chi connectivity index (χ4v) is 10.5. The molecule has 1 heterocycles. The molecule has 1 heteroatoms. The van der Waals surface area contributed by atoms with Crippen LogP contribution in [0.2, 0.25) is 0 Å². The van der Waals surface area contributed by atoms with Crippen molar-refractivity contribution in [1.29, 1.82) is 0 Å². The van der Waals surface area contributed by atoms with E-state index in [0.717, 1.165) is 18.6 Å². The molecule has 0 spiro atoms. The van der Waals surface area contributed by atoms with Gasteiger partial charge in [-0.3, -0.25) is 0 Å². The first kappa shape index (κ1) is 31.9. The number of allylic oxidation sites excluding steroid dienone is 2. The smallest absolute Gasteiger partial charge is 0.132 e. The van der Waals surface area contributed by atoms with Crippen molar-refractivity contribution in [3.63, 3.8) is 0 Å². The molecule has 0 N–H and O–H groups in total. The second kappa shape index (κ2) is 11.8. The molecule has 0 saturated heterocycles. The molecule has 0 fully saturated rings. The molecule has 1 nitrogen and oxygen atoms in total. The van der Waals surface area contributed by atoms with Gasteiger partial charge in [0.25, 0.3) is 0 Å². The van der Waals surface area contributed by atoms with E-state index in [0.29, 0.717) is 0 Å². The Balaban J connectivity index is 0.967. The molecule has 8 aromatic carbocycles. The Kier molecular flexibility index (Phi) is 6.70. The third-order valence-corrected chi connectivity index (χ3v) is 13.2. The van der Waals surface area contributed by atoms with Gasteiger partial charge in [-0.15, -0.1) is 0 Å². The van der Waals surface area contributed by atoms with Gasteiger partial charge >= 0.3 is 0 Å². The molecule has 2 atom stereocenters. The van der Waals surface area contributed by atoms with Gasteiger partial charge in [-0.25, -0.2) is 0 Å². The normalized spacial score (nSPS) is 18.1. The summed E-state index contributed by atoms with van der Waals surface area (Å²) in [5.41, 5.74) is 14.3. The number of hydrogen-bond donors (Lipinski definition) is 0. The summed E-state index contributed by atoms with van der Waals surface area (Å²) in [6.45, 7) is 4.77. The van der Waals surface area contributed by atoms with Crippen molar-refractivity contribution < 1.29 is 4.74 Å². The van der Waals surface area contributed by atoms with E-state index in [9.17, 15) is 0 Å². The highest BCUT2D eigenvalue weighted by Crippen LogP contribution is 2.56. The van der Waals surface area contributed by atoms with Crippen molar-refractivity contribution in [2.24, 2.45) is 0 Å². The van der Waals surface area contributed by atoms with Crippen molar-refractivity contribution in [3.8, 4) is 50.3 Å². The lowest BCUT2D eigenvalue weighted by atomic mass is 9.81. The Morgan fingerprint density at radius 3 is 1.93 bits per heavy atom. The van der Waals surface area contributed by atoms with Crippen LogP contribution in [0.3, 0.4) is 0 Å². The third-order valence-electron chi connectivity index (χ3n) is 13.2. The molecule has 1 aliphatic heterocycles. The number of rotatable bonds is 3. The van der Waals surface area contributed by atoms with Gasteiger partial charge in [-0.2, -0.15) is 0 Å². The summed E-state index contributed by atoms with van der Waals surface area (Å²) < 4.78 is 6.73. The molecule has 12 rings (SSSR count). The summed E-state index contributed by atoms with van der Waals surface area (Å²) in [5.74, 6) is 1.33. The van der Waals surface area contributed by atoms with Crippen LogP contribution in [0.4, 0.5) is 0 Å². The van der Waals surface area contributed by atoms with E-state index in [-0.39, 0.29) is 17.4 Å². The van der Waals surface area contributed by atoms with Gasteiger partial charge in [-0.05, 0) is 130 Å². The average Bonchev–Trinajstić information content (AvgIpc) is 3.74. The molecule has 0 amide bonds. The van der Waals surface area contributed by atoms with E-state index >= 15 is 0 Å². The van der Waals surface area contributed by atoms with Crippen LogP contribution in [0.1, 0.15) is 49.3 Å².